The van der Waals surface area contributed by atoms with E-state index in [1.807, 2.05) is 42.6 Å². The lowest BCUT2D eigenvalue weighted by Crippen LogP contribution is -2.19. The lowest BCUT2D eigenvalue weighted by Gasteiger charge is -2.10. The van der Waals surface area contributed by atoms with Crippen molar-refractivity contribution in [2.24, 2.45) is 0 Å². The molecule has 2 rings (SSSR count). The normalized spacial score (nSPS) is 10.8. The van der Waals surface area contributed by atoms with Crippen LogP contribution >= 0.6 is 0 Å². The molecule has 0 aliphatic carbocycles. The van der Waals surface area contributed by atoms with Crippen LogP contribution in [-0.2, 0) is 6.54 Å². The van der Waals surface area contributed by atoms with Crippen LogP contribution in [0.1, 0.15) is 30.9 Å². The largest absolute Gasteiger partial charge is 0.311 e. The van der Waals surface area contributed by atoms with Crippen LogP contribution in [0.25, 0.3) is 0 Å². The molecule has 0 aliphatic rings. The number of benzene rings is 1. The summed E-state index contributed by atoms with van der Waals surface area (Å²) < 4.78 is 1.77. The molecule has 1 aromatic carbocycles. The molecule has 17 heavy (non-hydrogen) atoms. The zero-order valence-electron chi connectivity index (χ0n) is 10.3. The van der Waals surface area contributed by atoms with Crippen LogP contribution in [0.5, 0.6) is 0 Å². The van der Waals surface area contributed by atoms with Crippen LogP contribution in [0, 0.1) is 0 Å². The SMILES string of the molecule is CC(C)c1ccc(=O)n(Cc2ccccc2)c1. The fourth-order valence-electron chi connectivity index (χ4n) is 1.80. The van der Waals surface area contributed by atoms with E-state index in [-0.39, 0.29) is 5.56 Å². The predicted molar refractivity (Wildman–Crippen MR) is 70.3 cm³/mol. The van der Waals surface area contributed by atoms with Gasteiger partial charge in [-0.25, -0.2) is 0 Å². The summed E-state index contributed by atoms with van der Waals surface area (Å²) >= 11 is 0. The highest BCUT2D eigenvalue weighted by atomic mass is 16.1. The smallest absolute Gasteiger partial charge is 0.250 e. The average molecular weight is 227 g/mol. The standard InChI is InChI=1S/C15H17NO/c1-12(2)14-8-9-15(17)16(11-14)10-13-6-4-3-5-7-13/h3-9,11-12H,10H2,1-2H3. The Kier molecular flexibility index (Phi) is 3.43. The molecule has 0 aliphatic heterocycles. The Bertz CT molecular complexity index is 540. The maximum atomic E-state index is 11.8. The van der Waals surface area contributed by atoms with E-state index >= 15 is 0 Å². The first-order valence-corrected chi connectivity index (χ1v) is 5.91. The Labute approximate surface area is 102 Å². The molecule has 1 heterocycles. The minimum atomic E-state index is 0.0539. The van der Waals surface area contributed by atoms with Crippen LogP contribution in [-0.4, -0.2) is 4.57 Å². The van der Waals surface area contributed by atoms with Gasteiger partial charge in [0.05, 0.1) is 6.54 Å². The Morgan fingerprint density at radius 1 is 1.06 bits per heavy atom. The minimum absolute atomic E-state index is 0.0539. The monoisotopic (exact) mass is 227 g/mol. The van der Waals surface area contributed by atoms with Crippen molar-refractivity contribution >= 4 is 0 Å². The van der Waals surface area contributed by atoms with Crippen molar-refractivity contribution in [3.05, 3.63) is 70.1 Å². The summed E-state index contributed by atoms with van der Waals surface area (Å²) in [7, 11) is 0. The Balaban J connectivity index is 2.32. The molecule has 2 aromatic rings. The molecule has 0 bridgehead atoms. The van der Waals surface area contributed by atoms with Gasteiger partial charge in [0.1, 0.15) is 0 Å². The molecule has 1 aromatic heterocycles. The van der Waals surface area contributed by atoms with Crippen molar-refractivity contribution in [1.29, 1.82) is 0 Å². The van der Waals surface area contributed by atoms with Crippen molar-refractivity contribution < 1.29 is 0 Å². The molecule has 0 atom stereocenters. The summed E-state index contributed by atoms with van der Waals surface area (Å²) in [5.41, 5.74) is 2.40. The highest BCUT2D eigenvalue weighted by Crippen LogP contribution is 2.12. The fraction of sp³-hybridized carbons (Fsp3) is 0.267. The molecule has 0 spiro atoms. The second-order valence-corrected chi connectivity index (χ2v) is 4.57. The maximum Gasteiger partial charge on any atom is 0.250 e. The van der Waals surface area contributed by atoms with E-state index in [9.17, 15) is 4.79 Å². The molecule has 0 unspecified atom stereocenters. The van der Waals surface area contributed by atoms with E-state index in [0.29, 0.717) is 12.5 Å². The quantitative estimate of drug-likeness (QED) is 0.790. The van der Waals surface area contributed by atoms with Gasteiger partial charge in [-0.2, -0.15) is 0 Å². The van der Waals surface area contributed by atoms with Gasteiger partial charge < -0.3 is 4.57 Å². The van der Waals surface area contributed by atoms with Crippen molar-refractivity contribution in [2.45, 2.75) is 26.3 Å². The number of nitrogens with zero attached hydrogens (tertiary/aromatic N) is 1. The van der Waals surface area contributed by atoms with Crippen LogP contribution in [0.3, 0.4) is 0 Å². The Hall–Kier alpha value is -1.83. The highest BCUT2D eigenvalue weighted by Gasteiger charge is 2.02. The van der Waals surface area contributed by atoms with Crippen LogP contribution in [0.15, 0.2) is 53.5 Å². The Morgan fingerprint density at radius 2 is 1.76 bits per heavy atom. The molecule has 0 fully saturated rings. The van der Waals surface area contributed by atoms with E-state index in [1.165, 1.54) is 5.56 Å². The molecule has 2 nitrogen and oxygen atoms in total. The van der Waals surface area contributed by atoms with E-state index in [1.54, 1.807) is 10.6 Å². The van der Waals surface area contributed by atoms with Crippen LogP contribution in [0.2, 0.25) is 0 Å². The summed E-state index contributed by atoms with van der Waals surface area (Å²) in [6.45, 7) is 4.90. The maximum absolute atomic E-state index is 11.8. The molecule has 2 heteroatoms. The van der Waals surface area contributed by atoms with Crippen LogP contribution < -0.4 is 5.56 Å². The van der Waals surface area contributed by atoms with Gasteiger partial charge in [0.15, 0.2) is 0 Å². The van der Waals surface area contributed by atoms with Gasteiger partial charge in [-0.05, 0) is 17.0 Å². The molecule has 0 saturated carbocycles. The van der Waals surface area contributed by atoms with E-state index in [4.69, 9.17) is 0 Å². The first-order valence-electron chi connectivity index (χ1n) is 5.91. The van der Waals surface area contributed by atoms with Gasteiger partial charge in [-0.3, -0.25) is 4.79 Å². The first kappa shape index (κ1) is 11.6. The zero-order chi connectivity index (χ0) is 12.3. The molecule has 88 valence electrons. The van der Waals surface area contributed by atoms with Crippen molar-refractivity contribution in [3.63, 3.8) is 0 Å². The van der Waals surface area contributed by atoms with Crippen molar-refractivity contribution in [3.8, 4) is 0 Å². The summed E-state index contributed by atoms with van der Waals surface area (Å²) in [6, 6.07) is 13.6. The molecule has 0 N–H and O–H groups in total. The molecule has 0 radical (unpaired) electrons. The number of hydrogen-bond donors (Lipinski definition) is 0. The van der Waals surface area contributed by atoms with Gasteiger partial charge in [-0.1, -0.05) is 50.2 Å². The Morgan fingerprint density at radius 3 is 2.41 bits per heavy atom. The third-order valence-corrected chi connectivity index (χ3v) is 2.87. The second kappa shape index (κ2) is 5.00. The molecular formula is C15H17NO. The van der Waals surface area contributed by atoms with E-state index < -0.39 is 0 Å². The lowest BCUT2D eigenvalue weighted by atomic mass is 10.1. The topological polar surface area (TPSA) is 22.0 Å². The van der Waals surface area contributed by atoms with E-state index in [0.717, 1.165) is 5.56 Å². The summed E-state index contributed by atoms with van der Waals surface area (Å²) in [5, 5.41) is 0. The summed E-state index contributed by atoms with van der Waals surface area (Å²) in [6.07, 6.45) is 1.96. The predicted octanol–water partition coefficient (Wildman–Crippen LogP) is 3.02. The number of aromatic nitrogens is 1. The van der Waals surface area contributed by atoms with Crippen LogP contribution in [0.4, 0.5) is 0 Å². The third-order valence-electron chi connectivity index (χ3n) is 2.87. The minimum Gasteiger partial charge on any atom is -0.311 e. The first-order chi connectivity index (χ1) is 8.16. The molecule has 0 amide bonds. The van der Waals surface area contributed by atoms with Gasteiger partial charge in [-0.15, -0.1) is 0 Å². The number of rotatable bonds is 3. The van der Waals surface area contributed by atoms with Crippen molar-refractivity contribution in [1.82, 2.24) is 4.57 Å². The van der Waals surface area contributed by atoms with Gasteiger partial charge >= 0.3 is 0 Å². The molecular weight excluding hydrogens is 210 g/mol. The summed E-state index contributed by atoms with van der Waals surface area (Å²) in [5.74, 6) is 0.442. The number of hydrogen-bond acceptors (Lipinski definition) is 1. The van der Waals surface area contributed by atoms with Gasteiger partial charge in [0, 0.05) is 12.3 Å². The highest BCUT2D eigenvalue weighted by molar-refractivity contribution is 5.18. The lowest BCUT2D eigenvalue weighted by molar-refractivity contribution is 0.732. The fourth-order valence-corrected chi connectivity index (χ4v) is 1.80. The van der Waals surface area contributed by atoms with E-state index in [2.05, 4.69) is 13.8 Å². The molecule has 0 saturated heterocycles. The van der Waals surface area contributed by atoms with Gasteiger partial charge in [0.2, 0.25) is 0 Å². The second-order valence-electron chi connectivity index (χ2n) is 4.57. The van der Waals surface area contributed by atoms with Crippen molar-refractivity contribution in [2.75, 3.05) is 0 Å². The van der Waals surface area contributed by atoms with Gasteiger partial charge in [0.25, 0.3) is 5.56 Å². The zero-order valence-corrected chi connectivity index (χ0v) is 10.3. The summed E-state index contributed by atoms with van der Waals surface area (Å²) in [4.78, 5) is 11.8. The third kappa shape index (κ3) is 2.84. The average Bonchev–Trinajstić information content (AvgIpc) is 2.33. The number of pyridine rings is 1.